The Labute approximate surface area is 103 Å². The highest BCUT2D eigenvalue weighted by Gasteiger charge is 2.28. The highest BCUT2D eigenvalue weighted by Crippen LogP contribution is 2.11. The molecule has 1 aromatic carbocycles. The molecule has 1 aliphatic rings. The van der Waals surface area contributed by atoms with Gasteiger partial charge in [0.2, 0.25) is 5.91 Å². The fraction of sp³-hybridized carbons (Fsp3) is 0.500. The zero-order valence-corrected chi connectivity index (χ0v) is 10.4. The largest absolute Gasteiger partial charge is 0.355 e. The number of carbonyl (C=O) groups excluding carboxylic acids is 1. The number of likely N-dealkylation sites (N-methyl/N-ethyl adjacent to an activating group) is 1. The summed E-state index contributed by atoms with van der Waals surface area (Å²) in [5.74, 6) is 0.194. The Hall–Kier alpha value is -1.35. The number of benzene rings is 1. The van der Waals surface area contributed by atoms with Crippen LogP contribution in [0.15, 0.2) is 30.3 Å². The van der Waals surface area contributed by atoms with Gasteiger partial charge in [-0.05, 0) is 24.9 Å². The Bertz CT molecular complexity index is 364. The van der Waals surface area contributed by atoms with Crippen LogP contribution in [0, 0.1) is 0 Å². The lowest BCUT2D eigenvalue weighted by Gasteiger charge is -2.25. The molecule has 0 bridgehead atoms. The molecule has 3 heteroatoms. The predicted molar refractivity (Wildman–Crippen MR) is 68.8 cm³/mol. The third kappa shape index (κ3) is 3.07. The molecular weight excluding hydrogens is 212 g/mol. The first-order valence-corrected chi connectivity index (χ1v) is 6.37. The molecule has 1 N–H and O–H groups in total. The maximum atomic E-state index is 11.6. The molecule has 1 amide bonds. The zero-order valence-electron chi connectivity index (χ0n) is 10.4. The topological polar surface area (TPSA) is 32.3 Å². The van der Waals surface area contributed by atoms with Crippen molar-refractivity contribution in [3.8, 4) is 0 Å². The number of hydrogen-bond acceptors (Lipinski definition) is 2. The quantitative estimate of drug-likeness (QED) is 0.833. The summed E-state index contributed by atoms with van der Waals surface area (Å²) in [6.07, 6.45) is 1.96. The van der Waals surface area contributed by atoms with E-state index in [1.165, 1.54) is 5.56 Å². The second-order valence-electron chi connectivity index (χ2n) is 4.46. The molecule has 0 spiro atoms. The maximum Gasteiger partial charge on any atom is 0.237 e. The molecule has 2 rings (SSSR count). The summed E-state index contributed by atoms with van der Waals surface area (Å²) in [5.41, 5.74) is 1.34. The first-order chi connectivity index (χ1) is 8.31. The van der Waals surface area contributed by atoms with Gasteiger partial charge in [0.05, 0.1) is 6.04 Å². The van der Waals surface area contributed by atoms with Gasteiger partial charge in [-0.15, -0.1) is 0 Å². The molecule has 1 atom stereocenters. The minimum atomic E-state index is 0.0868. The number of carbonyl (C=O) groups is 1. The molecule has 1 saturated heterocycles. The van der Waals surface area contributed by atoms with Crippen LogP contribution < -0.4 is 5.32 Å². The van der Waals surface area contributed by atoms with Crippen LogP contribution in [0.25, 0.3) is 0 Å². The fourth-order valence-corrected chi connectivity index (χ4v) is 2.38. The van der Waals surface area contributed by atoms with Gasteiger partial charge in [-0.1, -0.05) is 37.3 Å². The van der Waals surface area contributed by atoms with Crippen molar-refractivity contribution in [3.63, 3.8) is 0 Å². The normalized spacial score (nSPS) is 19.6. The summed E-state index contributed by atoms with van der Waals surface area (Å²) in [6.45, 7) is 4.84. The number of nitrogens with one attached hydrogen (secondary N) is 1. The van der Waals surface area contributed by atoms with Crippen LogP contribution in [0.4, 0.5) is 0 Å². The van der Waals surface area contributed by atoms with E-state index in [0.29, 0.717) is 0 Å². The molecule has 0 saturated carbocycles. The van der Waals surface area contributed by atoms with E-state index in [9.17, 15) is 4.79 Å². The lowest BCUT2D eigenvalue weighted by atomic mass is 10.1. The average Bonchev–Trinajstić information content (AvgIpc) is 2.78. The van der Waals surface area contributed by atoms with Crippen LogP contribution in [0.2, 0.25) is 0 Å². The molecule has 1 fully saturated rings. The van der Waals surface area contributed by atoms with Gasteiger partial charge in [-0.25, -0.2) is 0 Å². The first kappa shape index (κ1) is 12.1. The third-order valence-electron chi connectivity index (χ3n) is 3.40. The van der Waals surface area contributed by atoms with Crippen LogP contribution in [-0.4, -0.2) is 36.5 Å². The highest BCUT2D eigenvalue weighted by molar-refractivity contribution is 5.83. The monoisotopic (exact) mass is 232 g/mol. The van der Waals surface area contributed by atoms with Crippen LogP contribution in [0.3, 0.4) is 0 Å². The van der Waals surface area contributed by atoms with Gasteiger partial charge < -0.3 is 5.32 Å². The van der Waals surface area contributed by atoms with Crippen molar-refractivity contribution in [3.05, 3.63) is 35.9 Å². The standard InChI is InChI=1S/C14H20N2O/c1-2-16(13-8-10-15-14(13)17)11-9-12-6-4-3-5-7-12/h3-7,13H,2,8-11H2,1H3,(H,15,17)/t13-/m1/s1. The van der Waals surface area contributed by atoms with Gasteiger partial charge in [0.25, 0.3) is 0 Å². The Morgan fingerprint density at radius 3 is 2.71 bits per heavy atom. The molecule has 17 heavy (non-hydrogen) atoms. The summed E-state index contributed by atoms with van der Waals surface area (Å²) < 4.78 is 0. The number of rotatable bonds is 5. The van der Waals surface area contributed by atoms with E-state index in [4.69, 9.17) is 0 Å². The Kier molecular flexibility index (Phi) is 4.15. The van der Waals surface area contributed by atoms with Crippen molar-refractivity contribution in [2.75, 3.05) is 19.6 Å². The molecule has 92 valence electrons. The molecule has 0 unspecified atom stereocenters. The van der Waals surface area contributed by atoms with E-state index in [1.54, 1.807) is 0 Å². The van der Waals surface area contributed by atoms with E-state index in [2.05, 4.69) is 41.4 Å². The van der Waals surface area contributed by atoms with E-state index < -0.39 is 0 Å². The smallest absolute Gasteiger partial charge is 0.237 e. The molecule has 1 heterocycles. The molecule has 0 aromatic heterocycles. The lowest BCUT2D eigenvalue weighted by molar-refractivity contribution is -0.123. The zero-order chi connectivity index (χ0) is 12.1. The second-order valence-corrected chi connectivity index (χ2v) is 4.46. The van der Waals surface area contributed by atoms with Crippen LogP contribution in [0.1, 0.15) is 18.9 Å². The number of amides is 1. The van der Waals surface area contributed by atoms with E-state index >= 15 is 0 Å². The van der Waals surface area contributed by atoms with Crippen LogP contribution >= 0.6 is 0 Å². The summed E-state index contributed by atoms with van der Waals surface area (Å²) in [6, 6.07) is 10.5. The summed E-state index contributed by atoms with van der Waals surface area (Å²) in [5, 5.41) is 2.90. The van der Waals surface area contributed by atoms with Gasteiger partial charge in [-0.3, -0.25) is 9.69 Å². The average molecular weight is 232 g/mol. The molecular formula is C14H20N2O. The first-order valence-electron chi connectivity index (χ1n) is 6.37. The van der Waals surface area contributed by atoms with Crippen molar-refractivity contribution < 1.29 is 4.79 Å². The molecule has 0 radical (unpaired) electrons. The number of nitrogens with zero attached hydrogens (tertiary/aromatic N) is 1. The van der Waals surface area contributed by atoms with Gasteiger partial charge in [-0.2, -0.15) is 0 Å². The van der Waals surface area contributed by atoms with Gasteiger partial charge in [0, 0.05) is 13.1 Å². The fourth-order valence-electron chi connectivity index (χ4n) is 2.38. The van der Waals surface area contributed by atoms with Gasteiger partial charge in [0.1, 0.15) is 0 Å². The van der Waals surface area contributed by atoms with Crippen molar-refractivity contribution in [2.24, 2.45) is 0 Å². The van der Waals surface area contributed by atoms with Crippen molar-refractivity contribution in [1.29, 1.82) is 0 Å². The maximum absolute atomic E-state index is 11.6. The lowest BCUT2D eigenvalue weighted by Crippen LogP contribution is -2.41. The Morgan fingerprint density at radius 1 is 1.35 bits per heavy atom. The van der Waals surface area contributed by atoms with Gasteiger partial charge in [0.15, 0.2) is 0 Å². The van der Waals surface area contributed by atoms with Gasteiger partial charge >= 0.3 is 0 Å². The molecule has 1 aliphatic heterocycles. The van der Waals surface area contributed by atoms with E-state index in [-0.39, 0.29) is 11.9 Å². The summed E-state index contributed by atoms with van der Waals surface area (Å²) >= 11 is 0. The summed E-state index contributed by atoms with van der Waals surface area (Å²) in [4.78, 5) is 13.9. The SMILES string of the molecule is CCN(CCc1ccccc1)[C@@H]1CCNC1=O. The third-order valence-corrected chi connectivity index (χ3v) is 3.40. The minimum absolute atomic E-state index is 0.0868. The van der Waals surface area contributed by atoms with Crippen molar-refractivity contribution in [2.45, 2.75) is 25.8 Å². The predicted octanol–water partition coefficient (Wildman–Crippen LogP) is 1.44. The Balaban J connectivity index is 1.90. The van der Waals surface area contributed by atoms with Crippen LogP contribution in [-0.2, 0) is 11.2 Å². The van der Waals surface area contributed by atoms with Crippen LogP contribution in [0.5, 0.6) is 0 Å². The molecule has 0 aliphatic carbocycles. The van der Waals surface area contributed by atoms with Crippen molar-refractivity contribution in [1.82, 2.24) is 10.2 Å². The minimum Gasteiger partial charge on any atom is -0.355 e. The van der Waals surface area contributed by atoms with E-state index in [0.717, 1.165) is 32.5 Å². The van der Waals surface area contributed by atoms with E-state index in [1.807, 2.05) is 6.07 Å². The second kappa shape index (κ2) is 5.82. The van der Waals surface area contributed by atoms with Crippen molar-refractivity contribution >= 4 is 5.91 Å². The Morgan fingerprint density at radius 2 is 2.12 bits per heavy atom. The summed E-state index contributed by atoms with van der Waals surface area (Å²) in [7, 11) is 0. The molecule has 1 aromatic rings. The molecule has 3 nitrogen and oxygen atoms in total. The highest BCUT2D eigenvalue weighted by atomic mass is 16.2. The number of hydrogen-bond donors (Lipinski definition) is 1.